The number of carbonyl (C=O) groups excluding carboxylic acids is 3. The van der Waals surface area contributed by atoms with Crippen molar-refractivity contribution >= 4 is 23.4 Å². The first-order valence-electron chi connectivity index (χ1n) is 9.94. The van der Waals surface area contributed by atoms with Gasteiger partial charge in [-0.1, -0.05) is 13.8 Å². The summed E-state index contributed by atoms with van der Waals surface area (Å²) in [4.78, 5) is 39.4. The van der Waals surface area contributed by atoms with E-state index in [9.17, 15) is 14.4 Å². The number of carbonyl (C=O) groups is 3. The smallest absolute Gasteiger partial charge is 0.243 e. The highest BCUT2D eigenvalue weighted by molar-refractivity contribution is 6.01. The third kappa shape index (κ3) is 5.00. The third-order valence-corrected chi connectivity index (χ3v) is 5.14. The number of rotatable bonds is 8. The molecule has 3 rings (SSSR count). The van der Waals surface area contributed by atoms with Crippen LogP contribution in [-0.4, -0.2) is 37.4 Å². The molecule has 1 aliphatic rings. The molecule has 8 nitrogen and oxygen atoms in total. The van der Waals surface area contributed by atoms with Crippen LogP contribution >= 0.6 is 0 Å². The van der Waals surface area contributed by atoms with Crippen LogP contribution in [0.2, 0.25) is 0 Å². The molecule has 0 bridgehead atoms. The van der Waals surface area contributed by atoms with E-state index in [-0.39, 0.29) is 43.1 Å². The molecular formula is C22H27N3O5. The number of furan rings is 1. The van der Waals surface area contributed by atoms with Gasteiger partial charge in [0, 0.05) is 18.7 Å². The van der Waals surface area contributed by atoms with Crippen LogP contribution in [0.3, 0.4) is 0 Å². The fraction of sp³-hybridized carbons (Fsp3) is 0.409. The first kappa shape index (κ1) is 21.4. The summed E-state index contributed by atoms with van der Waals surface area (Å²) in [6.45, 7) is 4.25. The van der Waals surface area contributed by atoms with Gasteiger partial charge in [-0.05, 0) is 42.3 Å². The molecule has 1 aromatic heterocycles. The van der Waals surface area contributed by atoms with E-state index in [4.69, 9.17) is 9.15 Å². The molecule has 2 heterocycles. The van der Waals surface area contributed by atoms with Gasteiger partial charge in [0.15, 0.2) is 0 Å². The van der Waals surface area contributed by atoms with Crippen molar-refractivity contribution in [1.82, 2.24) is 10.6 Å². The van der Waals surface area contributed by atoms with Crippen molar-refractivity contribution in [2.24, 2.45) is 11.8 Å². The zero-order valence-corrected chi connectivity index (χ0v) is 17.4. The predicted molar refractivity (Wildman–Crippen MR) is 111 cm³/mol. The van der Waals surface area contributed by atoms with Gasteiger partial charge in [0.25, 0.3) is 0 Å². The number of nitrogens with zero attached hydrogens (tertiary/aromatic N) is 1. The Hall–Kier alpha value is -3.29. The lowest BCUT2D eigenvalue weighted by Gasteiger charge is -2.23. The zero-order chi connectivity index (χ0) is 21.7. The summed E-state index contributed by atoms with van der Waals surface area (Å²) in [7, 11) is 1.58. The Labute approximate surface area is 175 Å². The van der Waals surface area contributed by atoms with Gasteiger partial charge in [-0.15, -0.1) is 0 Å². The second-order valence-corrected chi connectivity index (χ2v) is 7.63. The molecule has 1 fully saturated rings. The summed E-state index contributed by atoms with van der Waals surface area (Å²) in [5.41, 5.74) is 0.715. The van der Waals surface area contributed by atoms with Crippen molar-refractivity contribution in [1.29, 1.82) is 0 Å². The molecule has 1 aromatic carbocycles. The summed E-state index contributed by atoms with van der Waals surface area (Å²) >= 11 is 0. The SMILES string of the molecule is COc1ccc(N2C[C@@H](C(=O)N[C@H](C(=O)NCc3ccco3)C(C)C)CC2=O)cc1. The lowest BCUT2D eigenvalue weighted by molar-refractivity contribution is -0.132. The molecule has 8 heteroatoms. The molecule has 0 spiro atoms. The van der Waals surface area contributed by atoms with E-state index in [2.05, 4.69) is 10.6 Å². The Morgan fingerprint density at radius 2 is 1.97 bits per heavy atom. The second-order valence-electron chi connectivity index (χ2n) is 7.63. The van der Waals surface area contributed by atoms with Crippen molar-refractivity contribution in [2.75, 3.05) is 18.6 Å². The number of nitrogens with one attached hydrogen (secondary N) is 2. The molecule has 3 amide bonds. The van der Waals surface area contributed by atoms with Crippen molar-refractivity contribution in [3.05, 3.63) is 48.4 Å². The number of benzene rings is 1. The van der Waals surface area contributed by atoms with Crippen molar-refractivity contribution < 1.29 is 23.5 Å². The van der Waals surface area contributed by atoms with E-state index in [1.807, 2.05) is 13.8 Å². The fourth-order valence-electron chi connectivity index (χ4n) is 3.40. The number of amides is 3. The number of anilines is 1. The predicted octanol–water partition coefficient (Wildman–Crippen LogP) is 2.10. The molecule has 2 aromatic rings. The van der Waals surface area contributed by atoms with Crippen LogP contribution in [0.4, 0.5) is 5.69 Å². The maximum absolute atomic E-state index is 12.8. The van der Waals surface area contributed by atoms with Crippen LogP contribution < -0.4 is 20.3 Å². The van der Waals surface area contributed by atoms with Crippen LogP contribution in [-0.2, 0) is 20.9 Å². The lowest BCUT2D eigenvalue weighted by atomic mass is 10.0. The van der Waals surface area contributed by atoms with E-state index in [0.717, 1.165) is 0 Å². The summed E-state index contributed by atoms with van der Waals surface area (Å²) in [5, 5.41) is 5.60. The minimum atomic E-state index is -0.697. The average molecular weight is 413 g/mol. The Bertz CT molecular complexity index is 877. The van der Waals surface area contributed by atoms with Gasteiger partial charge in [-0.25, -0.2) is 0 Å². The van der Waals surface area contributed by atoms with E-state index in [1.54, 1.807) is 48.4 Å². The molecule has 2 atom stereocenters. The van der Waals surface area contributed by atoms with Gasteiger partial charge in [-0.2, -0.15) is 0 Å². The van der Waals surface area contributed by atoms with Gasteiger partial charge in [-0.3, -0.25) is 14.4 Å². The van der Waals surface area contributed by atoms with Crippen LogP contribution in [0.15, 0.2) is 47.1 Å². The van der Waals surface area contributed by atoms with Crippen LogP contribution in [0.1, 0.15) is 26.0 Å². The number of hydrogen-bond donors (Lipinski definition) is 2. The molecule has 0 unspecified atom stereocenters. The Kier molecular flexibility index (Phi) is 6.76. The van der Waals surface area contributed by atoms with Gasteiger partial charge >= 0.3 is 0 Å². The Morgan fingerprint density at radius 3 is 2.57 bits per heavy atom. The second kappa shape index (κ2) is 9.47. The number of methoxy groups -OCH3 is 1. The van der Waals surface area contributed by atoms with Gasteiger partial charge in [0.1, 0.15) is 17.6 Å². The molecule has 0 radical (unpaired) electrons. The normalized spacial score (nSPS) is 17.1. The lowest BCUT2D eigenvalue weighted by Crippen LogP contribution is -2.51. The first-order chi connectivity index (χ1) is 14.4. The molecule has 160 valence electrons. The first-order valence-corrected chi connectivity index (χ1v) is 9.94. The zero-order valence-electron chi connectivity index (χ0n) is 17.4. The number of hydrogen-bond acceptors (Lipinski definition) is 5. The van der Waals surface area contributed by atoms with Crippen LogP contribution in [0, 0.1) is 11.8 Å². The van der Waals surface area contributed by atoms with Gasteiger partial charge < -0.3 is 24.7 Å². The maximum Gasteiger partial charge on any atom is 0.243 e. The van der Waals surface area contributed by atoms with Crippen molar-refractivity contribution in [3.63, 3.8) is 0 Å². The molecule has 2 N–H and O–H groups in total. The third-order valence-electron chi connectivity index (χ3n) is 5.14. The minimum absolute atomic E-state index is 0.108. The molecule has 1 aliphatic heterocycles. The highest BCUT2D eigenvalue weighted by atomic mass is 16.5. The van der Waals surface area contributed by atoms with E-state index in [1.165, 1.54) is 6.26 Å². The minimum Gasteiger partial charge on any atom is -0.497 e. The summed E-state index contributed by atoms with van der Waals surface area (Å²) in [6.07, 6.45) is 1.64. The highest BCUT2D eigenvalue weighted by Crippen LogP contribution is 2.27. The highest BCUT2D eigenvalue weighted by Gasteiger charge is 2.37. The quantitative estimate of drug-likeness (QED) is 0.690. The summed E-state index contributed by atoms with van der Waals surface area (Å²) < 4.78 is 10.4. The van der Waals surface area contributed by atoms with Crippen molar-refractivity contribution in [2.45, 2.75) is 32.9 Å². The summed E-state index contributed by atoms with van der Waals surface area (Å²) in [6, 6.07) is 9.93. The summed E-state index contributed by atoms with van der Waals surface area (Å²) in [5.74, 6) is -0.00576. The van der Waals surface area contributed by atoms with Crippen LogP contribution in [0.25, 0.3) is 0 Å². The molecule has 1 saturated heterocycles. The molecule has 30 heavy (non-hydrogen) atoms. The number of ether oxygens (including phenoxy) is 1. The largest absolute Gasteiger partial charge is 0.497 e. The fourth-order valence-corrected chi connectivity index (χ4v) is 3.40. The average Bonchev–Trinajstić information content (AvgIpc) is 3.39. The van der Waals surface area contributed by atoms with Gasteiger partial charge in [0.05, 0.1) is 25.8 Å². The molecule has 0 aliphatic carbocycles. The van der Waals surface area contributed by atoms with E-state index < -0.39 is 12.0 Å². The van der Waals surface area contributed by atoms with E-state index in [0.29, 0.717) is 17.2 Å². The molecule has 0 saturated carbocycles. The van der Waals surface area contributed by atoms with Gasteiger partial charge in [0.2, 0.25) is 17.7 Å². The standard InChI is InChI=1S/C22H27N3O5/c1-14(2)20(22(28)23-12-18-5-4-10-30-18)24-21(27)15-11-19(26)25(13-15)16-6-8-17(29-3)9-7-16/h4-10,14-15,20H,11-13H2,1-3H3,(H,23,28)(H,24,27)/t15-,20-/m0/s1. The monoisotopic (exact) mass is 413 g/mol. The topological polar surface area (TPSA) is 101 Å². The maximum atomic E-state index is 12.8. The Balaban J connectivity index is 1.60. The van der Waals surface area contributed by atoms with Crippen molar-refractivity contribution in [3.8, 4) is 5.75 Å². The molecular weight excluding hydrogens is 386 g/mol. The van der Waals surface area contributed by atoms with E-state index >= 15 is 0 Å². The van der Waals surface area contributed by atoms with Crippen LogP contribution in [0.5, 0.6) is 5.75 Å². The Morgan fingerprint density at radius 1 is 1.23 bits per heavy atom.